The van der Waals surface area contributed by atoms with Crippen molar-refractivity contribution >= 4 is 23.6 Å². The second kappa shape index (κ2) is 12.1. The van der Waals surface area contributed by atoms with Crippen LogP contribution in [0.2, 0.25) is 0 Å². The lowest BCUT2D eigenvalue weighted by Gasteiger charge is -2.29. The second-order valence-electron chi connectivity index (χ2n) is 9.48. The highest BCUT2D eigenvalue weighted by atomic mass is 19.1. The van der Waals surface area contributed by atoms with Gasteiger partial charge < -0.3 is 20.2 Å². The summed E-state index contributed by atoms with van der Waals surface area (Å²) >= 11 is 0. The molecule has 3 rings (SSSR count). The van der Waals surface area contributed by atoms with Gasteiger partial charge in [-0.2, -0.15) is 4.39 Å². The molecule has 1 aromatic rings. The lowest BCUT2D eigenvalue weighted by atomic mass is 9.92. The highest BCUT2D eigenvalue weighted by molar-refractivity contribution is 5.80. The van der Waals surface area contributed by atoms with Crippen LogP contribution < -0.4 is 21.1 Å². The van der Waals surface area contributed by atoms with Crippen molar-refractivity contribution in [3.05, 3.63) is 11.6 Å². The smallest absolute Gasteiger partial charge is 0.404 e. The number of likely N-dealkylation sites (N-methyl/N-ethyl adjacent to an activating group) is 1. The number of hydrogen-bond acceptors (Lipinski definition) is 7. The van der Waals surface area contributed by atoms with Gasteiger partial charge in [-0.3, -0.25) is 15.6 Å². The minimum absolute atomic E-state index is 0.0102. The molecule has 10 nitrogen and oxygen atoms in total. The largest absolute Gasteiger partial charge is 0.465 e. The fourth-order valence-electron chi connectivity index (χ4n) is 4.98. The van der Waals surface area contributed by atoms with Crippen LogP contribution in [-0.4, -0.2) is 71.2 Å². The predicted molar refractivity (Wildman–Crippen MR) is 128 cm³/mol. The van der Waals surface area contributed by atoms with E-state index in [-0.39, 0.29) is 30.1 Å². The monoisotopic (exact) mass is 479 g/mol. The number of carbonyl (C=O) groups is 2. The molecule has 0 spiro atoms. The zero-order valence-corrected chi connectivity index (χ0v) is 20.4. The van der Waals surface area contributed by atoms with Gasteiger partial charge >= 0.3 is 6.09 Å². The van der Waals surface area contributed by atoms with Crippen LogP contribution in [0.1, 0.15) is 57.7 Å². The molecule has 1 saturated carbocycles. The topological polar surface area (TPSA) is 123 Å². The van der Waals surface area contributed by atoms with Crippen molar-refractivity contribution in [1.29, 1.82) is 0 Å². The molecule has 11 heteroatoms. The van der Waals surface area contributed by atoms with Crippen LogP contribution >= 0.6 is 0 Å². The number of nitrogens with one attached hydrogen (secondary N) is 3. The Hall–Kier alpha value is -2.69. The maximum Gasteiger partial charge on any atom is 0.404 e. The van der Waals surface area contributed by atoms with Crippen molar-refractivity contribution in [2.45, 2.75) is 64.8 Å². The first-order chi connectivity index (χ1) is 16.3. The highest BCUT2D eigenvalue weighted by Crippen LogP contribution is 2.31. The molecule has 1 saturated heterocycles. The number of nitrogens with zero attached hydrogens (tertiary/aromatic N) is 4. The Morgan fingerprint density at radius 2 is 1.97 bits per heavy atom. The van der Waals surface area contributed by atoms with Crippen LogP contribution in [0.15, 0.2) is 0 Å². The van der Waals surface area contributed by atoms with Crippen LogP contribution in [0.4, 0.5) is 20.8 Å². The van der Waals surface area contributed by atoms with Crippen LogP contribution in [-0.2, 0) is 4.79 Å². The van der Waals surface area contributed by atoms with E-state index < -0.39 is 17.8 Å². The molecule has 2 aliphatic rings. The molecule has 0 radical (unpaired) electrons. The number of aryl methyl sites for hydroxylation is 1. The first-order valence-corrected chi connectivity index (χ1v) is 12.3. The van der Waals surface area contributed by atoms with E-state index >= 15 is 4.39 Å². The summed E-state index contributed by atoms with van der Waals surface area (Å²) in [6.07, 6.45) is 5.68. The van der Waals surface area contributed by atoms with Gasteiger partial charge in [0.25, 0.3) is 0 Å². The maximum absolute atomic E-state index is 15.4. The molecule has 2 amide bonds. The lowest BCUT2D eigenvalue weighted by Crippen LogP contribution is -2.42. The molecule has 2 heterocycles. The Labute approximate surface area is 200 Å². The third-order valence-electron chi connectivity index (χ3n) is 6.92. The van der Waals surface area contributed by atoms with E-state index in [0.29, 0.717) is 24.7 Å². The number of carboxylic acid groups (broad SMARTS) is 1. The van der Waals surface area contributed by atoms with E-state index in [9.17, 15) is 9.59 Å². The van der Waals surface area contributed by atoms with Crippen molar-refractivity contribution in [2.24, 2.45) is 11.8 Å². The first-order valence-electron chi connectivity index (χ1n) is 12.3. The van der Waals surface area contributed by atoms with Gasteiger partial charge in [-0.25, -0.2) is 14.8 Å². The molecule has 2 fully saturated rings. The quantitative estimate of drug-likeness (QED) is 0.357. The van der Waals surface area contributed by atoms with E-state index in [4.69, 9.17) is 5.11 Å². The number of hydrogen-bond donors (Lipinski definition) is 4. The minimum atomic E-state index is -1.17. The third-order valence-corrected chi connectivity index (χ3v) is 6.92. The van der Waals surface area contributed by atoms with Gasteiger partial charge in [0.2, 0.25) is 11.7 Å². The van der Waals surface area contributed by atoms with Gasteiger partial charge in [-0.1, -0.05) is 32.6 Å². The van der Waals surface area contributed by atoms with Crippen LogP contribution in [0.3, 0.4) is 0 Å². The minimum Gasteiger partial charge on any atom is -0.465 e. The van der Waals surface area contributed by atoms with E-state index in [0.717, 1.165) is 51.6 Å². The molecule has 0 aromatic carbocycles. The number of amides is 2. The Morgan fingerprint density at radius 3 is 2.65 bits per heavy atom. The fraction of sp³-hybridized carbons (Fsp3) is 0.739. The normalized spacial score (nSPS) is 19.4. The van der Waals surface area contributed by atoms with Gasteiger partial charge in [0, 0.05) is 25.7 Å². The summed E-state index contributed by atoms with van der Waals surface area (Å²) in [6, 6.07) is 0.161. The Morgan fingerprint density at radius 1 is 1.24 bits per heavy atom. The van der Waals surface area contributed by atoms with Crippen molar-refractivity contribution in [1.82, 2.24) is 25.6 Å². The van der Waals surface area contributed by atoms with Crippen molar-refractivity contribution in [2.75, 3.05) is 43.6 Å². The number of aromatic nitrogens is 2. The molecule has 4 N–H and O–H groups in total. The van der Waals surface area contributed by atoms with Gasteiger partial charge in [0.05, 0.1) is 5.92 Å². The molecule has 34 heavy (non-hydrogen) atoms. The number of halogens is 1. The Balaban J connectivity index is 1.69. The summed E-state index contributed by atoms with van der Waals surface area (Å²) in [7, 11) is 2.04. The molecule has 1 aromatic heterocycles. The molecule has 0 unspecified atom stereocenters. The summed E-state index contributed by atoms with van der Waals surface area (Å²) in [5, 5.41) is 11.3. The fourth-order valence-corrected chi connectivity index (χ4v) is 4.98. The Bertz CT molecular complexity index is 850. The molecule has 190 valence electrons. The van der Waals surface area contributed by atoms with E-state index in [2.05, 4.69) is 38.0 Å². The van der Waals surface area contributed by atoms with E-state index in [1.54, 1.807) is 6.92 Å². The standard InChI is InChI=1S/C23H38FN7O3/c1-4-30(3)14-18-10-7-11-31(18)21-19(24)20(26-15(2)27-21)28-29-22(32)17(13-25-23(33)34)12-16-8-5-6-9-16/h16-18,25H,4-14H2,1-3H3,(H,29,32)(H,33,34)(H,26,27,28)/t17-,18+/m1/s1. The third kappa shape index (κ3) is 6.91. The summed E-state index contributed by atoms with van der Waals surface area (Å²) in [5.41, 5.74) is 5.20. The van der Waals surface area contributed by atoms with Crippen LogP contribution in [0.25, 0.3) is 0 Å². The van der Waals surface area contributed by atoms with Crippen molar-refractivity contribution in [3.8, 4) is 0 Å². The van der Waals surface area contributed by atoms with E-state index in [1.165, 1.54) is 0 Å². The second-order valence-corrected chi connectivity index (χ2v) is 9.48. The SMILES string of the molecule is CCN(C)C[C@@H]1CCCN1c1nc(C)nc(NNC(=O)[C@@H](CNC(=O)O)CC2CCCC2)c1F. The lowest BCUT2D eigenvalue weighted by molar-refractivity contribution is -0.124. The average Bonchev–Trinajstić information content (AvgIpc) is 3.48. The zero-order chi connectivity index (χ0) is 24.7. The van der Waals surface area contributed by atoms with Crippen molar-refractivity contribution in [3.63, 3.8) is 0 Å². The maximum atomic E-state index is 15.4. The summed E-state index contributed by atoms with van der Waals surface area (Å²) in [4.78, 5) is 36.6. The van der Waals surface area contributed by atoms with Crippen molar-refractivity contribution < 1.29 is 19.1 Å². The van der Waals surface area contributed by atoms with Crippen LogP contribution in [0.5, 0.6) is 0 Å². The van der Waals surface area contributed by atoms with Gasteiger partial charge in [-0.15, -0.1) is 0 Å². The first kappa shape index (κ1) is 25.9. The van der Waals surface area contributed by atoms with Gasteiger partial charge in [0.1, 0.15) is 5.82 Å². The summed E-state index contributed by atoms with van der Waals surface area (Å²) in [6.45, 7) is 6.23. The predicted octanol–water partition coefficient (Wildman–Crippen LogP) is 2.75. The zero-order valence-electron chi connectivity index (χ0n) is 20.4. The molecule has 1 aliphatic heterocycles. The number of carbonyl (C=O) groups excluding carboxylic acids is 1. The highest BCUT2D eigenvalue weighted by Gasteiger charge is 2.31. The van der Waals surface area contributed by atoms with E-state index in [1.807, 2.05) is 11.9 Å². The summed E-state index contributed by atoms with van der Waals surface area (Å²) < 4.78 is 15.4. The van der Waals surface area contributed by atoms with Gasteiger partial charge in [0.15, 0.2) is 11.6 Å². The molecular formula is C23H38FN7O3. The van der Waals surface area contributed by atoms with Crippen LogP contribution in [0, 0.1) is 24.6 Å². The number of rotatable bonds is 11. The Kier molecular flexibility index (Phi) is 9.26. The molecular weight excluding hydrogens is 441 g/mol. The summed E-state index contributed by atoms with van der Waals surface area (Å²) in [5.74, 6) is -0.594. The molecule has 0 bridgehead atoms. The average molecular weight is 480 g/mol. The number of hydrazine groups is 1. The molecule has 1 aliphatic carbocycles. The van der Waals surface area contributed by atoms with Gasteiger partial charge in [-0.05, 0) is 45.7 Å². The molecule has 2 atom stereocenters. The number of anilines is 2.